The van der Waals surface area contributed by atoms with E-state index in [1.54, 1.807) is 0 Å². The van der Waals surface area contributed by atoms with Crippen LogP contribution in [-0.2, 0) is 11.3 Å². The highest BCUT2D eigenvalue weighted by Crippen LogP contribution is 2.24. The molecule has 134 valence electrons. The molecule has 2 rings (SSSR count). The Hall–Kier alpha value is -1.07. The van der Waals surface area contributed by atoms with E-state index in [4.69, 9.17) is 4.74 Å². The number of rotatable bonds is 3. The summed E-state index contributed by atoms with van der Waals surface area (Å²) >= 11 is 3.54. The lowest BCUT2D eigenvalue weighted by atomic mass is 9.89. The van der Waals surface area contributed by atoms with E-state index in [0.717, 1.165) is 36.9 Å². The van der Waals surface area contributed by atoms with Crippen molar-refractivity contribution in [1.29, 1.82) is 0 Å². The van der Waals surface area contributed by atoms with Crippen LogP contribution >= 0.6 is 15.9 Å². The predicted molar refractivity (Wildman–Crippen MR) is 101 cm³/mol. The Morgan fingerprint density at radius 3 is 2.50 bits per heavy atom. The number of benzene rings is 1. The molecule has 24 heavy (non-hydrogen) atoms. The number of nitrogens with one attached hydrogen (secondary N) is 1. The summed E-state index contributed by atoms with van der Waals surface area (Å²) in [4.78, 5) is 14.0. The van der Waals surface area contributed by atoms with Gasteiger partial charge in [0.1, 0.15) is 5.60 Å². The number of amides is 1. The molecule has 1 aromatic rings. The summed E-state index contributed by atoms with van der Waals surface area (Å²) in [5.41, 5.74) is 2.15. The molecule has 4 nitrogen and oxygen atoms in total. The first kappa shape index (κ1) is 19.3. The second-order valence-corrected chi connectivity index (χ2v) is 8.82. The van der Waals surface area contributed by atoms with Crippen LogP contribution in [0.15, 0.2) is 22.7 Å². The number of nitrogens with zero attached hydrogens (tertiary/aromatic N) is 1. The second-order valence-electron chi connectivity index (χ2n) is 7.97. The molecule has 1 saturated heterocycles. The molecule has 0 aromatic heterocycles. The summed E-state index contributed by atoms with van der Waals surface area (Å²) in [6.07, 6.45) is 1.66. The quantitative estimate of drug-likeness (QED) is 0.808. The van der Waals surface area contributed by atoms with Crippen molar-refractivity contribution < 1.29 is 9.53 Å². The van der Waals surface area contributed by atoms with E-state index >= 15 is 0 Å². The van der Waals surface area contributed by atoms with Gasteiger partial charge in [-0.25, -0.2) is 4.79 Å². The SMILES string of the molecule is Cc1cc(CNC2(C)CCN(C(=O)OC(C)(C)C)CC2)ccc1Br. The van der Waals surface area contributed by atoms with Crippen LogP contribution in [0, 0.1) is 6.92 Å². The lowest BCUT2D eigenvalue weighted by Gasteiger charge is -2.40. The average molecular weight is 397 g/mol. The first-order valence-electron chi connectivity index (χ1n) is 8.56. The van der Waals surface area contributed by atoms with Gasteiger partial charge in [-0.1, -0.05) is 28.1 Å². The van der Waals surface area contributed by atoms with Gasteiger partial charge in [0.05, 0.1) is 0 Å². The van der Waals surface area contributed by atoms with Gasteiger partial charge in [0.15, 0.2) is 0 Å². The molecule has 5 heteroatoms. The molecule has 1 aliphatic heterocycles. The van der Waals surface area contributed by atoms with E-state index in [2.05, 4.69) is 53.3 Å². The molecule has 1 aromatic carbocycles. The zero-order valence-corrected chi connectivity index (χ0v) is 17.0. The van der Waals surface area contributed by atoms with Crippen molar-refractivity contribution in [3.63, 3.8) is 0 Å². The van der Waals surface area contributed by atoms with Crippen LogP contribution in [0.25, 0.3) is 0 Å². The third-order valence-electron chi connectivity index (χ3n) is 4.46. The number of halogens is 1. The Bertz CT molecular complexity index is 588. The Morgan fingerprint density at radius 1 is 1.33 bits per heavy atom. The molecule has 1 fully saturated rings. The maximum atomic E-state index is 12.2. The highest BCUT2D eigenvalue weighted by molar-refractivity contribution is 9.10. The van der Waals surface area contributed by atoms with Gasteiger partial charge in [0.2, 0.25) is 0 Å². The molecule has 1 aliphatic rings. The summed E-state index contributed by atoms with van der Waals surface area (Å²) in [5, 5.41) is 3.67. The van der Waals surface area contributed by atoms with Gasteiger partial charge >= 0.3 is 6.09 Å². The van der Waals surface area contributed by atoms with Gasteiger partial charge in [-0.15, -0.1) is 0 Å². The zero-order valence-electron chi connectivity index (χ0n) is 15.4. The number of likely N-dealkylation sites (tertiary alicyclic amines) is 1. The van der Waals surface area contributed by atoms with Crippen LogP contribution in [0.1, 0.15) is 51.7 Å². The first-order chi connectivity index (χ1) is 11.1. The number of hydrogen-bond donors (Lipinski definition) is 1. The van der Waals surface area contributed by atoms with Crippen molar-refractivity contribution in [1.82, 2.24) is 10.2 Å². The number of piperidine rings is 1. The van der Waals surface area contributed by atoms with E-state index in [1.807, 2.05) is 25.7 Å². The summed E-state index contributed by atoms with van der Waals surface area (Å²) in [7, 11) is 0. The highest BCUT2D eigenvalue weighted by Gasteiger charge is 2.33. The fourth-order valence-electron chi connectivity index (χ4n) is 2.82. The Labute approximate surface area is 154 Å². The minimum atomic E-state index is -0.435. The smallest absolute Gasteiger partial charge is 0.410 e. The van der Waals surface area contributed by atoms with Gasteiger partial charge < -0.3 is 15.0 Å². The number of ether oxygens (including phenoxy) is 1. The molecule has 0 radical (unpaired) electrons. The monoisotopic (exact) mass is 396 g/mol. The summed E-state index contributed by atoms with van der Waals surface area (Å²) in [6.45, 7) is 12.4. The minimum absolute atomic E-state index is 0.0551. The fourth-order valence-corrected chi connectivity index (χ4v) is 3.06. The predicted octanol–water partition coefficient (Wildman–Crippen LogP) is 4.64. The Morgan fingerprint density at radius 2 is 1.96 bits per heavy atom. The largest absolute Gasteiger partial charge is 0.444 e. The fraction of sp³-hybridized carbons (Fsp3) is 0.632. The van der Waals surface area contributed by atoms with Crippen molar-refractivity contribution in [3.8, 4) is 0 Å². The van der Waals surface area contributed by atoms with Gasteiger partial charge in [-0.2, -0.15) is 0 Å². The number of carbonyl (C=O) groups is 1. The normalized spacial score (nSPS) is 17.7. The van der Waals surface area contributed by atoms with E-state index in [1.165, 1.54) is 11.1 Å². The first-order valence-corrected chi connectivity index (χ1v) is 9.35. The van der Waals surface area contributed by atoms with Crippen LogP contribution < -0.4 is 5.32 Å². The maximum absolute atomic E-state index is 12.2. The van der Waals surface area contributed by atoms with Crippen molar-refractivity contribution in [3.05, 3.63) is 33.8 Å². The topological polar surface area (TPSA) is 41.6 Å². The molecule has 1 N–H and O–H groups in total. The zero-order chi connectivity index (χ0) is 18.0. The molecule has 1 amide bonds. The third kappa shape index (κ3) is 5.49. The van der Waals surface area contributed by atoms with Gasteiger partial charge in [-0.05, 0) is 64.7 Å². The maximum Gasteiger partial charge on any atom is 0.410 e. The van der Waals surface area contributed by atoms with Crippen molar-refractivity contribution in [2.24, 2.45) is 0 Å². The van der Waals surface area contributed by atoms with Crippen LogP contribution in [0.4, 0.5) is 4.79 Å². The summed E-state index contributed by atoms with van der Waals surface area (Å²) in [5.74, 6) is 0. The van der Waals surface area contributed by atoms with Gasteiger partial charge in [0.25, 0.3) is 0 Å². The van der Waals surface area contributed by atoms with Crippen molar-refractivity contribution >= 4 is 22.0 Å². The molecular formula is C19H29BrN2O2. The third-order valence-corrected chi connectivity index (χ3v) is 5.35. The summed E-state index contributed by atoms with van der Waals surface area (Å²) < 4.78 is 6.60. The highest BCUT2D eigenvalue weighted by atomic mass is 79.9. The molecule has 0 unspecified atom stereocenters. The molecular weight excluding hydrogens is 368 g/mol. The molecule has 1 heterocycles. The molecule has 0 atom stereocenters. The minimum Gasteiger partial charge on any atom is -0.444 e. The van der Waals surface area contributed by atoms with Gasteiger partial charge in [0, 0.05) is 29.6 Å². The lowest BCUT2D eigenvalue weighted by molar-refractivity contribution is 0.0156. The van der Waals surface area contributed by atoms with Gasteiger partial charge in [-0.3, -0.25) is 0 Å². The van der Waals surface area contributed by atoms with Crippen LogP contribution in [0.2, 0.25) is 0 Å². The molecule has 0 saturated carbocycles. The second kappa shape index (κ2) is 7.44. The number of hydrogen-bond acceptors (Lipinski definition) is 3. The van der Waals surface area contributed by atoms with Crippen LogP contribution in [0.3, 0.4) is 0 Å². The standard InChI is InChI=1S/C19H29BrN2O2/c1-14-12-15(6-7-16(14)20)13-21-19(5)8-10-22(11-9-19)17(23)24-18(2,3)4/h6-7,12,21H,8-11,13H2,1-5H3. The molecule has 0 spiro atoms. The number of carbonyl (C=O) groups excluding carboxylic acids is 1. The van der Waals surface area contributed by atoms with Crippen molar-refractivity contribution in [2.45, 2.75) is 65.1 Å². The Balaban J connectivity index is 1.85. The van der Waals surface area contributed by atoms with Crippen molar-refractivity contribution in [2.75, 3.05) is 13.1 Å². The molecule has 0 aliphatic carbocycles. The number of aryl methyl sites for hydroxylation is 1. The van der Waals surface area contributed by atoms with E-state index < -0.39 is 5.60 Å². The molecule has 0 bridgehead atoms. The lowest BCUT2D eigenvalue weighted by Crippen LogP contribution is -2.53. The average Bonchev–Trinajstić information content (AvgIpc) is 2.47. The van der Waals surface area contributed by atoms with E-state index in [0.29, 0.717) is 0 Å². The van der Waals surface area contributed by atoms with Crippen LogP contribution in [-0.4, -0.2) is 35.2 Å². The van der Waals surface area contributed by atoms with Crippen LogP contribution in [0.5, 0.6) is 0 Å². The summed E-state index contributed by atoms with van der Waals surface area (Å²) in [6, 6.07) is 6.44. The van der Waals surface area contributed by atoms with E-state index in [9.17, 15) is 4.79 Å². The Kier molecular flexibility index (Phi) is 5.97. The van der Waals surface area contributed by atoms with E-state index in [-0.39, 0.29) is 11.6 Å².